The van der Waals surface area contributed by atoms with E-state index >= 15 is 0 Å². The normalized spacial score (nSPS) is 30.0. The molecule has 12 heavy (non-hydrogen) atoms. The van der Waals surface area contributed by atoms with Gasteiger partial charge in [0.05, 0.1) is 0 Å². The largest absolute Gasteiger partial charge is 0.312 e. The number of rotatable bonds is 3. The summed E-state index contributed by atoms with van der Waals surface area (Å²) < 4.78 is 0. The molecule has 1 fully saturated rings. The molecule has 0 radical (unpaired) electrons. The molecule has 1 aliphatic rings. The maximum atomic E-state index is 3.57. The molecule has 0 spiro atoms. The second-order valence-electron chi connectivity index (χ2n) is 5.24. The van der Waals surface area contributed by atoms with Gasteiger partial charge in [-0.05, 0) is 52.0 Å². The van der Waals surface area contributed by atoms with Crippen LogP contribution in [-0.4, -0.2) is 12.1 Å². The Hall–Kier alpha value is -0.0400. The Morgan fingerprint density at radius 1 is 1.17 bits per heavy atom. The number of nitrogens with one attached hydrogen (secondary N) is 1. The molecule has 0 aromatic carbocycles. The third-order valence-corrected chi connectivity index (χ3v) is 2.83. The summed E-state index contributed by atoms with van der Waals surface area (Å²) in [4.78, 5) is 0. The zero-order chi connectivity index (χ0) is 9.19. The topological polar surface area (TPSA) is 12.0 Å². The third kappa shape index (κ3) is 3.14. The third-order valence-electron chi connectivity index (χ3n) is 2.83. The van der Waals surface area contributed by atoms with Crippen LogP contribution in [0.15, 0.2) is 0 Å². The predicted octanol–water partition coefficient (Wildman–Crippen LogP) is 2.81. The van der Waals surface area contributed by atoms with E-state index in [1.54, 1.807) is 0 Å². The highest BCUT2D eigenvalue weighted by atomic mass is 14.9. The molecule has 0 amide bonds. The monoisotopic (exact) mass is 169 g/mol. The maximum Gasteiger partial charge on any atom is 0.00966 e. The number of hydrogen-bond donors (Lipinski definition) is 1. The highest BCUT2D eigenvalue weighted by Gasteiger charge is 2.27. The minimum absolute atomic E-state index is 0.303. The van der Waals surface area contributed by atoms with Gasteiger partial charge in [0.2, 0.25) is 0 Å². The molecule has 0 saturated heterocycles. The first-order valence-corrected chi connectivity index (χ1v) is 5.26. The molecule has 0 aromatic heterocycles. The van der Waals surface area contributed by atoms with Crippen LogP contribution in [0.5, 0.6) is 0 Å². The van der Waals surface area contributed by atoms with Crippen LogP contribution in [0, 0.1) is 11.8 Å². The second kappa shape index (κ2) is 3.78. The molecular weight excluding hydrogens is 146 g/mol. The molecule has 0 unspecified atom stereocenters. The highest BCUT2D eigenvalue weighted by Crippen LogP contribution is 2.35. The van der Waals surface area contributed by atoms with Crippen LogP contribution in [-0.2, 0) is 0 Å². The van der Waals surface area contributed by atoms with E-state index < -0.39 is 0 Å². The molecule has 0 aliphatic heterocycles. The van der Waals surface area contributed by atoms with Gasteiger partial charge in [-0.15, -0.1) is 0 Å². The van der Waals surface area contributed by atoms with Gasteiger partial charge in [0.25, 0.3) is 0 Å². The van der Waals surface area contributed by atoms with Crippen molar-refractivity contribution in [3.05, 3.63) is 0 Å². The van der Waals surface area contributed by atoms with Crippen molar-refractivity contribution in [2.75, 3.05) is 6.54 Å². The summed E-state index contributed by atoms with van der Waals surface area (Å²) >= 11 is 0. The Labute approximate surface area is 76.9 Å². The van der Waals surface area contributed by atoms with Gasteiger partial charge in [-0.1, -0.05) is 13.3 Å². The van der Waals surface area contributed by atoms with Crippen molar-refractivity contribution in [2.24, 2.45) is 11.8 Å². The van der Waals surface area contributed by atoms with Gasteiger partial charge in [-0.25, -0.2) is 0 Å². The molecular formula is C11H23N. The average Bonchev–Trinajstić information content (AvgIpc) is 1.82. The molecule has 0 aromatic rings. The van der Waals surface area contributed by atoms with Crippen molar-refractivity contribution in [3.8, 4) is 0 Å². The fourth-order valence-corrected chi connectivity index (χ4v) is 1.82. The van der Waals surface area contributed by atoms with Gasteiger partial charge in [0.15, 0.2) is 0 Å². The van der Waals surface area contributed by atoms with E-state index in [0.29, 0.717) is 5.54 Å². The van der Waals surface area contributed by atoms with Crippen LogP contribution in [0.3, 0.4) is 0 Å². The Kier molecular flexibility index (Phi) is 3.16. The zero-order valence-electron chi connectivity index (χ0n) is 8.98. The summed E-state index contributed by atoms with van der Waals surface area (Å²) in [6, 6.07) is 0. The lowest BCUT2D eigenvalue weighted by atomic mass is 9.73. The molecule has 1 aliphatic carbocycles. The highest BCUT2D eigenvalue weighted by molar-refractivity contribution is 4.82. The van der Waals surface area contributed by atoms with Crippen LogP contribution in [0.1, 0.15) is 47.0 Å². The standard InChI is InChI=1S/C11H23N/c1-5-9-6-10(7-9)8-12-11(2,3)4/h9-10,12H,5-8H2,1-4H3. The first-order valence-electron chi connectivity index (χ1n) is 5.26. The Bertz CT molecular complexity index is 128. The van der Waals surface area contributed by atoms with Crippen LogP contribution in [0.4, 0.5) is 0 Å². The summed E-state index contributed by atoms with van der Waals surface area (Å²) in [6.07, 6.45) is 4.30. The summed E-state index contributed by atoms with van der Waals surface area (Å²) in [5.74, 6) is 2.01. The minimum atomic E-state index is 0.303. The van der Waals surface area contributed by atoms with Gasteiger partial charge in [0.1, 0.15) is 0 Å². The van der Waals surface area contributed by atoms with Crippen LogP contribution < -0.4 is 5.32 Å². The van der Waals surface area contributed by atoms with Crippen molar-refractivity contribution in [1.29, 1.82) is 0 Å². The van der Waals surface area contributed by atoms with Crippen molar-refractivity contribution in [3.63, 3.8) is 0 Å². The Balaban J connectivity index is 2.04. The molecule has 1 saturated carbocycles. The lowest BCUT2D eigenvalue weighted by Gasteiger charge is -2.36. The molecule has 72 valence electrons. The molecule has 1 nitrogen and oxygen atoms in total. The zero-order valence-corrected chi connectivity index (χ0v) is 8.98. The Morgan fingerprint density at radius 3 is 2.17 bits per heavy atom. The Morgan fingerprint density at radius 2 is 1.75 bits per heavy atom. The van der Waals surface area contributed by atoms with Crippen molar-refractivity contribution < 1.29 is 0 Å². The van der Waals surface area contributed by atoms with E-state index in [2.05, 4.69) is 33.0 Å². The smallest absolute Gasteiger partial charge is 0.00966 e. The molecule has 1 heteroatoms. The lowest BCUT2D eigenvalue weighted by Crippen LogP contribution is -2.42. The van der Waals surface area contributed by atoms with Crippen molar-refractivity contribution >= 4 is 0 Å². The van der Waals surface area contributed by atoms with E-state index in [9.17, 15) is 0 Å². The van der Waals surface area contributed by atoms with Gasteiger partial charge in [-0.3, -0.25) is 0 Å². The summed E-state index contributed by atoms with van der Waals surface area (Å²) in [7, 11) is 0. The first kappa shape index (κ1) is 10.0. The molecule has 0 bridgehead atoms. The van der Waals surface area contributed by atoms with Crippen LogP contribution in [0.25, 0.3) is 0 Å². The fourth-order valence-electron chi connectivity index (χ4n) is 1.82. The van der Waals surface area contributed by atoms with E-state index in [1.807, 2.05) is 0 Å². The average molecular weight is 169 g/mol. The molecule has 0 atom stereocenters. The van der Waals surface area contributed by atoms with Crippen LogP contribution >= 0.6 is 0 Å². The van der Waals surface area contributed by atoms with Gasteiger partial charge >= 0.3 is 0 Å². The van der Waals surface area contributed by atoms with E-state index in [1.165, 1.54) is 25.8 Å². The minimum Gasteiger partial charge on any atom is -0.312 e. The van der Waals surface area contributed by atoms with Crippen LogP contribution in [0.2, 0.25) is 0 Å². The van der Waals surface area contributed by atoms with Gasteiger partial charge in [0, 0.05) is 5.54 Å². The van der Waals surface area contributed by atoms with Gasteiger partial charge in [-0.2, -0.15) is 0 Å². The molecule has 1 N–H and O–H groups in total. The summed E-state index contributed by atoms with van der Waals surface area (Å²) in [5, 5.41) is 3.57. The lowest BCUT2D eigenvalue weighted by molar-refractivity contribution is 0.172. The SMILES string of the molecule is CCC1CC(CNC(C)(C)C)C1. The molecule has 0 heterocycles. The van der Waals surface area contributed by atoms with E-state index in [0.717, 1.165) is 11.8 Å². The van der Waals surface area contributed by atoms with Crippen molar-refractivity contribution in [2.45, 2.75) is 52.5 Å². The predicted molar refractivity (Wildman–Crippen MR) is 54.3 cm³/mol. The fraction of sp³-hybridized carbons (Fsp3) is 1.00. The van der Waals surface area contributed by atoms with E-state index in [4.69, 9.17) is 0 Å². The summed E-state index contributed by atoms with van der Waals surface area (Å²) in [6.45, 7) is 10.2. The maximum absolute atomic E-state index is 3.57. The van der Waals surface area contributed by atoms with Gasteiger partial charge < -0.3 is 5.32 Å². The second-order valence-corrected chi connectivity index (χ2v) is 5.24. The molecule has 1 rings (SSSR count). The summed E-state index contributed by atoms with van der Waals surface area (Å²) in [5.41, 5.74) is 0.303. The van der Waals surface area contributed by atoms with Crippen molar-refractivity contribution in [1.82, 2.24) is 5.32 Å². The number of hydrogen-bond acceptors (Lipinski definition) is 1. The quantitative estimate of drug-likeness (QED) is 0.685. The van der Waals surface area contributed by atoms with E-state index in [-0.39, 0.29) is 0 Å². The first-order chi connectivity index (χ1) is 5.51.